The molecule has 11 aromatic carbocycles. The molecule has 2 aromatic heterocycles. The summed E-state index contributed by atoms with van der Waals surface area (Å²) in [5.41, 5.74) is 24.8. The van der Waals surface area contributed by atoms with Gasteiger partial charge >= 0.3 is 0 Å². The summed E-state index contributed by atoms with van der Waals surface area (Å²) in [6.45, 7) is 4.77. The Kier molecular flexibility index (Phi) is 9.53. The van der Waals surface area contributed by atoms with Gasteiger partial charge in [0.15, 0.2) is 17.5 Å². The molecule has 5 heteroatoms. The Labute approximate surface area is 452 Å². The van der Waals surface area contributed by atoms with E-state index in [9.17, 15) is 0 Å². The van der Waals surface area contributed by atoms with Crippen LogP contribution >= 0.6 is 0 Å². The van der Waals surface area contributed by atoms with Crippen molar-refractivity contribution >= 4 is 39.0 Å². The molecule has 366 valence electrons. The minimum absolute atomic E-state index is 0.257. The summed E-state index contributed by atoms with van der Waals surface area (Å²) in [7, 11) is 0. The van der Waals surface area contributed by atoms with Gasteiger partial charge in [-0.15, -0.1) is 0 Å². The van der Waals surface area contributed by atoms with E-state index >= 15 is 0 Å². The Bertz CT molecular complexity index is 4470. The lowest BCUT2D eigenvalue weighted by Crippen LogP contribution is -2.26. The maximum absolute atomic E-state index is 6.61. The van der Waals surface area contributed by atoms with Gasteiger partial charge in [-0.3, -0.25) is 0 Å². The number of aromatic nitrogens is 3. The van der Waals surface area contributed by atoms with Crippen molar-refractivity contribution in [2.24, 2.45) is 0 Å². The zero-order valence-electron chi connectivity index (χ0n) is 42.9. The van der Waals surface area contributed by atoms with E-state index in [2.05, 4.69) is 201 Å². The first-order chi connectivity index (χ1) is 38.4. The van der Waals surface area contributed by atoms with E-state index in [-0.39, 0.29) is 5.41 Å². The number of benzene rings is 11. The van der Waals surface area contributed by atoms with Gasteiger partial charge in [-0.05, 0) is 126 Å². The van der Waals surface area contributed by atoms with E-state index < -0.39 is 5.41 Å². The van der Waals surface area contributed by atoms with Crippen molar-refractivity contribution in [3.63, 3.8) is 0 Å². The van der Waals surface area contributed by atoms with E-state index in [1.54, 1.807) is 0 Å². The standard InChI is InChI=1S/C73H48N4O/c1-72(2)59-29-13-9-26-54(59)56-27-17-33-64(68(56)72)77(50-40-41-55-53-25-12-16-32-62(53)73(63(55)44-50)60-30-14-10-23-51(60)52-24-11-15-31-61(52)73)49-38-35-45(36-39-49)48-37-42-65-58(43-48)67-57(28-18-34-66(67)78-65)71-75-69(46-19-5-3-6-20-46)74-70(76-71)47-21-7-4-8-22-47/h3-44H,1-2H3. The smallest absolute Gasteiger partial charge is 0.164 e. The van der Waals surface area contributed by atoms with Crippen molar-refractivity contribution in [2.45, 2.75) is 24.7 Å². The second kappa shape index (κ2) is 16.8. The highest BCUT2D eigenvalue weighted by atomic mass is 16.3. The predicted octanol–water partition coefficient (Wildman–Crippen LogP) is 18.6. The molecule has 13 aromatic rings. The molecule has 0 saturated heterocycles. The molecular weight excluding hydrogens is 949 g/mol. The summed E-state index contributed by atoms with van der Waals surface area (Å²) in [5, 5.41) is 1.96. The maximum atomic E-state index is 6.61. The normalized spacial score (nSPS) is 13.7. The third-order valence-electron chi connectivity index (χ3n) is 16.9. The SMILES string of the molecule is CC1(C)c2ccccc2-c2cccc(N(c3ccc(-c4ccc5oc6cccc(-c7nc(-c8ccccc8)nc(-c8ccccc8)n7)c6c5c4)cc3)c3ccc4c(c3)C3(c5ccccc5-c5ccccc53)c3ccccc3-4)c21. The van der Waals surface area contributed by atoms with E-state index in [4.69, 9.17) is 19.4 Å². The van der Waals surface area contributed by atoms with Crippen molar-refractivity contribution in [3.05, 3.63) is 288 Å². The van der Waals surface area contributed by atoms with Crippen molar-refractivity contribution in [1.82, 2.24) is 15.0 Å². The van der Waals surface area contributed by atoms with Crippen LogP contribution in [0.1, 0.15) is 47.2 Å². The van der Waals surface area contributed by atoms with Crippen LogP contribution in [0.3, 0.4) is 0 Å². The fraction of sp³-hybridized carbons (Fsp3) is 0.0548. The first-order valence-electron chi connectivity index (χ1n) is 26.8. The van der Waals surface area contributed by atoms with Gasteiger partial charge in [0, 0.05) is 44.3 Å². The molecule has 0 N–H and O–H groups in total. The molecule has 3 aliphatic carbocycles. The maximum Gasteiger partial charge on any atom is 0.164 e. The molecule has 0 atom stereocenters. The molecule has 0 aliphatic heterocycles. The average Bonchev–Trinajstić information content (AvgIpc) is 4.29. The minimum Gasteiger partial charge on any atom is -0.456 e. The summed E-state index contributed by atoms with van der Waals surface area (Å²) in [6.07, 6.45) is 0. The highest BCUT2D eigenvalue weighted by Crippen LogP contribution is 2.64. The topological polar surface area (TPSA) is 55.1 Å². The van der Waals surface area contributed by atoms with Gasteiger partial charge in [-0.25, -0.2) is 15.0 Å². The van der Waals surface area contributed by atoms with Crippen molar-refractivity contribution in [3.8, 4) is 78.7 Å². The summed E-state index contributed by atoms with van der Waals surface area (Å²) in [5.74, 6) is 1.82. The average molecular weight is 997 g/mol. The van der Waals surface area contributed by atoms with Crippen LogP contribution in [-0.4, -0.2) is 15.0 Å². The summed E-state index contributed by atoms with van der Waals surface area (Å²) < 4.78 is 6.61. The number of rotatable bonds is 7. The monoisotopic (exact) mass is 996 g/mol. The third-order valence-corrected chi connectivity index (χ3v) is 16.9. The van der Waals surface area contributed by atoms with Crippen LogP contribution in [0.15, 0.2) is 259 Å². The number of hydrogen-bond donors (Lipinski definition) is 0. The van der Waals surface area contributed by atoms with Crippen LogP contribution in [0.2, 0.25) is 0 Å². The van der Waals surface area contributed by atoms with E-state index in [1.807, 2.05) is 72.8 Å². The second-order valence-electron chi connectivity index (χ2n) is 21.4. The lowest BCUT2D eigenvalue weighted by atomic mass is 9.70. The number of fused-ring (bicyclic) bond motifs is 16. The van der Waals surface area contributed by atoms with Crippen LogP contribution in [-0.2, 0) is 10.8 Å². The van der Waals surface area contributed by atoms with Crippen LogP contribution < -0.4 is 4.90 Å². The van der Waals surface area contributed by atoms with Crippen LogP contribution in [0, 0.1) is 0 Å². The van der Waals surface area contributed by atoms with Crippen LogP contribution in [0.4, 0.5) is 17.1 Å². The van der Waals surface area contributed by atoms with Crippen molar-refractivity contribution < 1.29 is 4.42 Å². The number of nitrogens with zero attached hydrogens (tertiary/aromatic N) is 4. The zero-order chi connectivity index (χ0) is 51.7. The molecule has 1 spiro atoms. The number of anilines is 3. The first-order valence-corrected chi connectivity index (χ1v) is 26.8. The van der Waals surface area contributed by atoms with Crippen LogP contribution in [0.25, 0.3) is 101 Å². The molecular formula is C73H48N4O. The largest absolute Gasteiger partial charge is 0.456 e. The summed E-state index contributed by atoms with van der Waals surface area (Å²) in [6, 6.07) is 92.3. The first kappa shape index (κ1) is 44.3. The van der Waals surface area contributed by atoms with Gasteiger partial charge in [0.1, 0.15) is 11.2 Å². The predicted molar refractivity (Wildman–Crippen MR) is 317 cm³/mol. The molecule has 0 saturated carbocycles. The van der Waals surface area contributed by atoms with Crippen molar-refractivity contribution in [1.29, 1.82) is 0 Å². The van der Waals surface area contributed by atoms with Gasteiger partial charge in [-0.2, -0.15) is 0 Å². The molecule has 0 fully saturated rings. The molecule has 5 nitrogen and oxygen atoms in total. The number of furan rings is 1. The summed E-state index contributed by atoms with van der Waals surface area (Å²) in [4.78, 5) is 17.8. The second-order valence-corrected chi connectivity index (χ2v) is 21.4. The van der Waals surface area contributed by atoms with E-state index in [0.29, 0.717) is 17.5 Å². The Hall–Kier alpha value is -9.97. The van der Waals surface area contributed by atoms with E-state index in [0.717, 1.165) is 61.1 Å². The fourth-order valence-electron chi connectivity index (χ4n) is 13.6. The lowest BCUT2D eigenvalue weighted by Gasteiger charge is -2.34. The van der Waals surface area contributed by atoms with Crippen LogP contribution in [0.5, 0.6) is 0 Å². The molecule has 0 amide bonds. The zero-order valence-corrected chi connectivity index (χ0v) is 42.9. The highest BCUT2D eigenvalue weighted by molar-refractivity contribution is 6.13. The summed E-state index contributed by atoms with van der Waals surface area (Å²) >= 11 is 0. The molecule has 0 bridgehead atoms. The quantitative estimate of drug-likeness (QED) is 0.159. The Morgan fingerprint density at radius 1 is 0.333 bits per heavy atom. The molecule has 0 radical (unpaired) electrons. The fourth-order valence-corrected chi connectivity index (χ4v) is 13.6. The van der Waals surface area contributed by atoms with Gasteiger partial charge in [0.2, 0.25) is 0 Å². The Morgan fingerprint density at radius 3 is 1.45 bits per heavy atom. The Morgan fingerprint density at radius 2 is 0.821 bits per heavy atom. The van der Waals surface area contributed by atoms with Gasteiger partial charge < -0.3 is 9.32 Å². The molecule has 0 unspecified atom stereocenters. The molecule has 3 aliphatic rings. The number of hydrogen-bond acceptors (Lipinski definition) is 5. The highest BCUT2D eigenvalue weighted by Gasteiger charge is 2.52. The minimum atomic E-state index is -0.480. The third kappa shape index (κ3) is 6.33. The molecule has 2 heterocycles. The van der Waals surface area contributed by atoms with Crippen molar-refractivity contribution in [2.75, 3.05) is 4.90 Å². The van der Waals surface area contributed by atoms with Gasteiger partial charge in [0.25, 0.3) is 0 Å². The Balaban J connectivity index is 0.861. The van der Waals surface area contributed by atoms with E-state index in [1.165, 1.54) is 72.4 Å². The van der Waals surface area contributed by atoms with Gasteiger partial charge in [-0.1, -0.05) is 220 Å². The lowest BCUT2D eigenvalue weighted by molar-refractivity contribution is 0.661. The van der Waals surface area contributed by atoms with Gasteiger partial charge in [0.05, 0.1) is 11.1 Å². The molecule has 16 rings (SSSR count). The molecule has 78 heavy (non-hydrogen) atoms.